The number of ether oxygens (including phenoxy) is 1. The number of likely N-dealkylation sites (N-methyl/N-ethyl adjacent to an activating group) is 1. The van der Waals surface area contributed by atoms with Crippen molar-refractivity contribution in [3.8, 4) is 0 Å². The third kappa shape index (κ3) is 8.68. The highest BCUT2D eigenvalue weighted by Gasteiger charge is 2.39. The molecule has 0 aliphatic heterocycles. The molecule has 0 fully saturated rings. The third-order valence-electron chi connectivity index (χ3n) is 4.13. The van der Waals surface area contributed by atoms with Crippen molar-refractivity contribution in [2.24, 2.45) is 0 Å². The zero-order valence-electron chi connectivity index (χ0n) is 16.7. The molecule has 0 saturated heterocycles. The highest BCUT2D eigenvalue weighted by Crippen LogP contribution is 2.37. The summed E-state index contributed by atoms with van der Waals surface area (Å²) in [5.41, 5.74) is -0.567. The molecule has 24 heavy (non-hydrogen) atoms. The number of hydrogen-bond acceptors (Lipinski definition) is 4. The lowest BCUT2D eigenvalue weighted by Gasteiger charge is -2.40. The van der Waals surface area contributed by atoms with Crippen molar-refractivity contribution in [3.63, 3.8) is 0 Å². The van der Waals surface area contributed by atoms with Crippen molar-refractivity contribution < 1.29 is 23.9 Å². The van der Waals surface area contributed by atoms with Gasteiger partial charge in [0.1, 0.15) is 5.60 Å². The van der Waals surface area contributed by atoms with Crippen LogP contribution in [0.15, 0.2) is 0 Å². The van der Waals surface area contributed by atoms with Crippen LogP contribution in [-0.4, -0.2) is 55.7 Å². The highest BCUT2D eigenvalue weighted by molar-refractivity contribution is 6.74. The van der Waals surface area contributed by atoms with Gasteiger partial charge in [0.25, 0.3) is 0 Å². The fourth-order valence-electron chi connectivity index (χ4n) is 1.79. The van der Waals surface area contributed by atoms with E-state index in [2.05, 4.69) is 33.9 Å². The van der Waals surface area contributed by atoms with Crippen LogP contribution in [0.1, 0.15) is 54.4 Å². The fraction of sp³-hybridized carbons (Fsp3) is 0.882. The molecular formula is C17H35NO5Si. The maximum Gasteiger partial charge on any atom is 0.410 e. The van der Waals surface area contributed by atoms with Gasteiger partial charge in [-0.3, -0.25) is 4.79 Å². The minimum Gasteiger partial charge on any atom is -0.481 e. The number of aliphatic carboxylic acids is 1. The number of rotatable bonds is 7. The number of carboxylic acid groups (broad SMARTS) is 1. The number of amides is 1. The van der Waals surface area contributed by atoms with Crippen LogP contribution in [0.2, 0.25) is 18.1 Å². The Bertz CT molecular complexity index is 437. The quantitative estimate of drug-likeness (QED) is 0.691. The van der Waals surface area contributed by atoms with E-state index in [-0.39, 0.29) is 17.6 Å². The molecule has 0 aromatic carbocycles. The lowest BCUT2D eigenvalue weighted by Crippen LogP contribution is -2.48. The van der Waals surface area contributed by atoms with Crippen molar-refractivity contribution in [2.45, 2.75) is 84.2 Å². The smallest absolute Gasteiger partial charge is 0.410 e. The van der Waals surface area contributed by atoms with Gasteiger partial charge in [-0.1, -0.05) is 20.8 Å². The van der Waals surface area contributed by atoms with Crippen molar-refractivity contribution in [3.05, 3.63) is 0 Å². The highest BCUT2D eigenvalue weighted by atomic mass is 28.4. The minimum absolute atomic E-state index is 0.0129. The monoisotopic (exact) mass is 361 g/mol. The topological polar surface area (TPSA) is 76.1 Å². The first-order valence-corrected chi connectivity index (χ1v) is 11.3. The summed E-state index contributed by atoms with van der Waals surface area (Å²) in [6.07, 6.45) is -0.364. The number of carbonyl (C=O) groups is 2. The van der Waals surface area contributed by atoms with Crippen LogP contribution in [0.3, 0.4) is 0 Å². The number of carbonyl (C=O) groups excluding carboxylic acids is 1. The molecule has 0 unspecified atom stereocenters. The second-order valence-corrected chi connectivity index (χ2v) is 13.5. The van der Waals surface area contributed by atoms with Crippen LogP contribution in [0.25, 0.3) is 0 Å². The summed E-state index contributed by atoms with van der Waals surface area (Å²) >= 11 is 0. The Labute approximate surface area is 147 Å². The zero-order valence-corrected chi connectivity index (χ0v) is 17.7. The molecule has 7 heteroatoms. The van der Waals surface area contributed by atoms with Gasteiger partial charge in [0.2, 0.25) is 0 Å². The summed E-state index contributed by atoms with van der Waals surface area (Å²) < 4.78 is 11.7. The lowest BCUT2D eigenvalue weighted by molar-refractivity contribution is -0.137. The summed E-state index contributed by atoms with van der Waals surface area (Å²) in [6.45, 7) is 16.4. The lowest BCUT2D eigenvalue weighted by atomic mass is 10.2. The molecule has 0 bridgehead atoms. The maximum atomic E-state index is 12.1. The second-order valence-electron chi connectivity index (χ2n) is 8.79. The Morgan fingerprint density at radius 2 is 1.62 bits per heavy atom. The Hall–Kier alpha value is -1.08. The van der Waals surface area contributed by atoms with E-state index >= 15 is 0 Å². The van der Waals surface area contributed by atoms with Crippen LogP contribution >= 0.6 is 0 Å². The standard InChI is InChI=1S/C17H35NO5Si/c1-16(2,3)22-15(21)18(7)12-13(10-11-14(19)20)23-24(8,9)17(4,5)6/h13H,10-12H2,1-9H3,(H,19,20)/t13-/m0/s1. The minimum atomic E-state index is -2.06. The molecule has 1 amide bonds. The average molecular weight is 362 g/mol. The largest absolute Gasteiger partial charge is 0.481 e. The fourth-order valence-corrected chi connectivity index (χ4v) is 3.16. The molecule has 0 aliphatic carbocycles. The molecule has 0 radical (unpaired) electrons. The molecule has 6 nitrogen and oxygen atoms in total. The molecular weight excluding hydrogens is 326 g/mol. The van der Waals surface area contributed by atoms with E-state index in [1.165, 1.54) is 4.90 Å². The maximum absolute atomic E-state index is 12.1. The summed E-state index contributed by atoms with van der Waals surface area (Å²) in [5.74, 6) is -0.862. The van der Waals surface area contributed by atoms with Crippen LogP contribution in [0.5, 0.6) is 0 Å². The van der Waals surface area contributed by atoms with Crippen molar-refractivity contribution in [2.75, 3.05) is 13.6 Å². The van der Waals surface area contributed by atoms with E-state index in [9.17, 15) is 9.59 Å². The molecule has 0 aliphatic rings. The molecule has 0 aromatic heterocycles. The van der Waals surface area contributed by atoms with Crippen molar-refractivity contribution >= 4 is 20.4 Å². The Balaban J connectivity index is 5.01. The first-order chi connectivity index (χ1) is 10.5. The summed E-state index contributed by atoms with van der Waals surface area (Å²) in [4.78, 5) is 24.5. The normalized spacial score (nSPS) is 14.2. The van der Waals surface area contributed by atoms with Gasteiger partial charge in [-0.25, -0.2) is 4.79 Å². The van der Waals surface area contributed by atoms with Crippen molar-refractivity contribution in [1.29, 1.82) is 0 Å². The number of carboxylic acids is 1. The Morgan fingerprint density at radius 3 is 2.00 bits per heavy atom. The van der Waals surface area contributed by atoms with Gasteiger partial charge < -0.3 is 19.2 Å². The zero-order chi connectivity index (χ0) is 19.3. The number of hydrogen-bond donors (Lipinski definition) is 1. The predicted octanol–water partition coefficient (Wildman–Crippen LogP) is 4.11. The molecule has 0 rings (SSSR count). The molecule has 1 N–H and O–H groups in total. The van der Waals surface area contributed by atoms with Crippen LogP contribution in [0.4, 0.5) is 4.79 Å². The SMILES string of the molecule is CN(C[C@H](CCC(=O)O)O[Si](C)(C)C(C)(C)C)C(=O)OC(C)(C)C. The van der Waals surface area contributed by atoms with Gasteiger partial charge in [-0.2, -0.15) is 0 Å². The van der Waals surface area contributed by atoms with E-state index in [1.54, 1.807) is 7.05 Å². The van der Waals surface area contributed by atoms with E-state index in [4.69, 9.17) is 14.3 Å². The summed E-state index contributed by atoms with van der Waals surface area (Å²) in [5, 5.41) is 8.98. The van der Waals surface area contributed by atoms with Crippen LogP contribution in [-0.2, 0) is 14.0 Å². The van der Waals surface area contributed by atoms with E-state index in [1.807, 2.05) is 20.8 Å². The Kier molecular flexibility index (Phi) is 7.96. The molecule has 0 aromatic rings. The van der Waals surface area contributed by atoms with Gasteiger partial charge >= 0.3 is 12.1 Å². The Morgan fingerprint density at radius 1 is 1.12 bits per heavy atom. The van der Waals surface area contributed by atoms with E-state index in [0.717, 1.165) is 0 Å². The number of nitrogens with zero attached hydrogens (tertiary/aromatic N) is 1. The predicted molar refractivity (Wildman–Crippen MR) is 97.8 cm³/mol. The molecule has 0 spiro atoms. The molecule has 1 atom stereocenters. The second kappa shape index (κ2) is 8.34. The van der Waals surface area contributed by atoms with Crippen LogP contribution < -0.4 is 0 Å². The summed E-state index contributed by atoms with van der Waals surface area (Å²) in [6, 6.07) is 0. The van der Waals surface area contributed by atoms with E-state index in [0.29, 0.717) is 13.0 Å². The summed E-state index contributed by atoms with van der Waals surface area (Å²) in [7, 11) is -0.410. The van der Waals surface area contributed by atoms with E-state index < -0.39 is 26.0 Å². The van der Waals surface area contributed by atoms with Crippen LogP contribution in [0, 0.1) is 0 Å². The first kappa shape index (κ1) is 22.9. The molecule has 0 heterocycles. The van der Waals surface area contributed by atoms with Gasteiger partial charge in [0, 0.05) is 20.0 Å². The average Bonchev–Trinajstić information content (AvgIpc) is 2.31. The van der Waals surface area contributed by atoms with Gasteiger partial charge in [0.05, 0.1) is 6.10 Å². The first-order valence-electron chi connectivity index (χ1n) is 8.39. The molecule has 142 valence electrons. The third-order valence-corrected chi connectivity index (χ3v) is 8.67. The van der Waals surface area contributed by atoms with Gasteiger partial charge in [-0.05, 0) is 45.3 Å². The van der Waals surface area contributed by atoms with Gasteiger partial charge in [-0.15, -0.1) is 0 Å². The van der Waals surface area contributed by atoms with Crippen molar-refractivity contribution in [1.82, 2.24) is 4.90 Å². The van der Waals surface area contributed by atoms with Gasteiger partial charge in [0.15, 0.2) is 8.32 Å². The molecule has 0 saturated carbocycles.